The minimum atomic E-state index is -1.03. The van der Waals surface area contributed by atoms with Crippen molar-refractivity contribution in [3.05, 3.63) is 110 Å². The molecule has 34 heavy (non-hydrogen) atoms. The first-order valence-corrected chi connectivity index (χ1v) is 11.9. The molecule has 8 heteroatoms. The van der Waals surface area contributed by atoms with Gasteiger partial charge in [0.15, 0.2) is 5.82 Å². The molecule has 5 aromatic rings. The van der Waals surface area contributed by atoms with Gasteiger partial charge in [-0.25, -0.2) is 9.78 Å². The third-order valence-electron chi connectivity index (χ3n) is 5.47. The van der Waals surface area contributed by atoms with E-state index in [2.05, 4.69) is 0 Å². The van der Waals surface area contributed by atoms with E-state index in [1.165, 1.54) is 11.3 Å². The number of halogens is 2. The standard InChI is InChI=1S/C26H16Cl2N2O3S/c27-17-8-5-15(6-9-17)14-30-24(22-11-12-23(28)34-22)29-21-10-7-16(13-20(21)25(30)31)18-3-1-2-4-19(18)26(32)33/h1-13H,14H2,(H,32,33). The van der Waals surface area contributed by atoms with Gasteiger partial charge in [0.25, 0.3) is 5.56 Å². The summed E-state index contributed by atoms with van der Waals surface area (Å²) in [5, 5.41) is 10.6. The average Bonchev–Trinajstić information content (AvgIpc) is 3.28. The lowest BCUT2D eigenvalue weighted by Crippen LogP contribution is -2.24. The molecule has 2 aromatic heterocycles. The minimum Gasteiger partial charge on any atom is -0.478 e. The van der Waals surface area contributed by atoms with Crippen molar-refractivity contribution in [3.8, 4) is 21.8 Å². The number of thiophene rings is 1. The molecule has 1 N–H and O–H groups in total. The van der Waals surface area contributed by atoms with Crippen LogP contribution in [-0.2, 0) is 6.54 Å². The molecular formula is C26H16Cl2N2O3S. The highest BCUT2D eigenvalue weighted by molar-refractivity contribution is 7.19. The molecule has 0 aliphatic carbocycles. The highest BCUT2D eigenvalue weighted by Crippen LogP contribution is 2.32. The fourth-order valence-corrected chi connectivity index (χ4v) is 5.02. The largest absolute Gasteiger partial charge is 0.478 e. The summed E-state index contributed by atoms with van der Waals surface area (Å²) in [6.45, 7) is 0.291. The zero-order valence-electron chi connectivity index (χ0n) is 17.5. The molecule has 0 radical (unpaired) electrons. The molecule has 168 valence electrons. The molecule has 5 rings (SSSR count). The van der Waals surface area contributed by atoms with Crippen molar-refractivity contribution in [2.45, 2.75) is 6.54 Å². The third-order valence-corrected chi connectivity index (χ3v) is 6.95. The van der Waals surface area contributed by atoms with E-state index in [-0.39, 0.29) is 11.1 Å². The molecule has 0 aliphatic heterocycles. The second kappa shape index (κ2) is 9.06. The molecule has 0 aliphatic rings. The molecule has 0 fully saturated rings. The van der Waals surface area contributed by atoms with Crippen LogP contribution in [0.4, 0.5) is 0 Å². The van der Waals surface area contributed by atoms with Gasteiger partial charge in [-0.3, -0.25) is 9.36 Å². The van der Waals surface area contributed by atoms with Gasteiger partial charge in [0.1, 0.15) is 0 Å². The number of carboxylic acids is 1. The van der Waals surface area contributed by atoms with Crippen LogP contribution in [0.5, 0.6) is 0 Å². The van der Waals surface area contributed by atoms with Crippen molar-refractivity contribution < 1.29 is 9.90 Å². The van der Waals surface area contributed by atoms with Crippen LogP contribution < -0.4 is 5.56 Å². The fraction of sp³-hybridized carbons (Fsp3) is 0.0385. The number of hydrogen-bond acceptors (Lipinski definition) is 4. The molecule has 0 atom stereocenters. The lowest BCUT2D eigenvalue weighted by Gasteiger charge is -2.14. The van der Waals surface area contributed by atoms with E-state index in [0.717, 1.165) is 10.4 Å². The maximum absolute atomic E-state index is 13.8. The van der Waals surface area contributed by atoms with Gasteiger partial charge in [-0.05, 0) is 59.2 Å². The normalized spacial score (nSPS) is 11.1. The highest BCUT2D eigenvalue weighted by Gasteiger charge is 2.17. The molecule has 0 saturated carbocycles. The van der Waals surface area contributed by atoms with E-state index >= 15 is 0 Å². The predicted molar refractivity (Wildman–Crippen MR) is 137 cm³/mol. The molecule has 3 aromatic carbocycles. The minimum absolute atomic E-state index is 0.168. The smallest absolute Gasteiger partial charge is 0.336 e. The van der Waals surface area contributed by atoms with E-state index in [4.69, 9.17) is 28.2 Å². The Labute approximate surface area is 208 Å². The number of aromatic nitrogens is 2. The number of benzene rings is 3. The van der Waals surface area contributed by atoms with Gasteiger partial charge in [0, 0.05) is 5.02 Å². The van der Waals surface area contributed by atoms with Crippen LogP contribution in [0.3, 0.4) is 0 Å². The Kier molecular flexibility index (Phi) is 5.96. The molecule has 0 amide bonds. The maximum atomic E-state index is 13.8. The molecule has 0 saturated heterocycles. The lowest BCUT2D eigenvalue weighted by molar-refractivity contribution is 0.0697. The number of rotatable bonds is 5. The first kappa shape index (κ1) is 22.3. The molecular weight excluding hydrogens is 491 g/mol. The Morgan fingerprint density at radius 1 is 0.971 bits per heavy atom. The number of aromatic carboxylic acids is 1. The Bertz CT molecular complexity index is 1610. The Morgan fingerprint density at radius 2 is 1.74 bits per heavy atom. The van der Waals surface area contributed by atoms with E-state index in [0.29, 0.717) is 43.8 Å². The quantitative estimate of drug-likeness (QED) is 0.283. The SMILES string of the molecule is O=C(O)c1ccccc1-c1ccc2nc(-c3ccc(Cl)s3)n(Cc3ccc(Cl)cc3)c(=O)c2c1. The molecule has 0 bridgehead atoms. The van der Waals surface area contributed by atoms with Gasteiger partial charge >= 0.3 is 5.97 Å². The predicted octanol–water partition coefficient (Wildman–Crippen LogP) is 6.85. The highest BCUT2D eigenvalue weighted by atomic mass is 35.5. The number of nitrogens with zero attached hydrogens (tertiary/aromatic N) is 2. The van der Waals surface area contributed by atoms with Crippen molar-refractivity contribution in [3.63, 3.8) is 0 Å². The average molecular weight is 507 g/mol. The van der Waals surface area contributed by atoms with Gasteiger partial charge in [-0.15, -0.1) is 11.3 Å². The molecule has 2 heterocycles. The summed E-state index contributed by atoms with van der Waals surface area (Å²) in [6.07, 6.45) is 0. The van der Waals surface area contributed by atoms with Crippen LogP contribution >= 0.6 is 34.5 Å². The van der Waals surface area contributed by atoms with Crippen LogP contribution in [-0.4, -0.2) is 20.6 Å². The van der Waals surface area contributed by atoms with Crippen molar-refractivity contribution in [2.75, 3.05) is 0 Å². The summed E-state index contributed by atoms with van der Waals surface area (Å²) in [5.41, 5.74) is 2.52. The van der Waals surface area contributed by atoms with Crippen molar-refractivity contribution in [1.29, 1.82) is 0 Å². The Balaban J connectivity index is 1.73. The van der Waals surface area contributed by atoms with Gasteiger partial charge in [-0.1, -0.05) is 59.6 Å². The van der Waals surface area contributed by atoms with Gasteiger partial charge in [0.05, 0.1) is 32.2 Å². The van der Waals surface area contributed by atoms with E-state index in [1.54, 1.807) is 65.2 Å². The third kappa shape index (κ3) is 4.23. The zero-order valence-corrected chi connectivity index (χ0v) is 19.9. The van der Waals surface area contributed by atoms with Crippen molar-refractivity contribution >= 4 is 51.4 Å². The van der Waals surface area contributed by atoms with Crippen molar-refractivity contribution in [2.24, 2.45) is 0 Å². The van der Waals surface area contributed by atoms with Crippen LogP contribution in [0, 0.1) is 0 Å². The summed E-state index contributed by atoms with van der Waals surface area (Å²) >= 11 is 13.5. The summed E-state index contributed by atoms with van der Waals surface area (Å²) in [5.74, 6) is -0.512. The van der Waals surface area contributed by atoms with Crippen LogP contribution in [0.2, 0.25) is 9.36 Å². The number of carbonyl (C=O) groups is 1. The fourth-order valence-electron chi connectivity index (χ4n) is 3.85. The van der Waals surface area contributed by atoms with Crippen LogP contribution in [0.25, 0.3) is 32.7 Å². The summed E-state index contributed by atoms with van der Waals surface area (Å²) in [6, 6.07) is 22.9. The zero-order chi connectivity index (χ0) is 23.8. The first-order chi connectivity index (χ1) is 16.4. The van der Waals surface area contributed by atoms with E-state index in [9.17, 15) is 14.7 Å². The summed E-state index contributed by atoms with van der Waals surface area (Å²) < 4.78 is 2.21. The van der Waals surface area contributed by atoms with Crippen molar-refractivity contribution in [1.82, 2.24) is 9.55 Å². The topological polar surface area (TPSA) is 72.2 Å². The van der Waals surface area contributed by atoms with Crippen LogP contribution in [0.15, 0.2) is 83.7 Å². The molecule has 5 nitrogen and oxygen atoms in total. The summed E-state index contributed by atoms with van der Waals surface area (Å²) in [4.78, 5) is 31.0. The number of carboxylic acid groups (broad SMARTS) is 1. The maximum Gasteiger partial charge on any atom is 0.336 e. The molecule has 0 spiro atoms. The Morgan fingerprint density at radius 3 is 2.44 bits per heavy atom. The number of fused-ring (bicyclic) bond motifs is 1. The van der Waals surface area contributed by atoms with E-state index in [1.807, 2.05) is 18.2 Å². The van der Waals surface area contributed by atoms with Gasteiger partial charge in [-0.2, -0.15) is 0 Å². The summed E-state index contributed by atoms with van der Waals surface area (Å²) in [7, 11) is 0. The number of hydrogen-bond donors (Lipinski definition) is 1. The second-order valence-corrected chi connectivity index (χ2v) is 9.79. The van der Waals surface area contributed by atoms with E-state index < -0.39 is 5.97 Å². The molecule has 0 unspecified atom stereocenters. The Hall–Kier alpha value is -3.45. The second-order valence-electron chi connectivity index (χ2n) is 7.64. The monoisotopic (exact) mass is 506 g/mol. The van der Waals surface area contributed by atoms with Crippen LogP contribution in [0.1, 0.15) is 15.9 Å². The lowest BCUT2D eigenvalue weighted by atomic mass is 9.98. The van der Waals surface area contributed by atoms with Gasteiger partial charge < -0.3 is 5.11 Å². The van der Waals surface area contributed by atoms with Gasteiger partial charge in [0.2, 0.25) is 0 Å². The first-order valence-electron chi connectivity index (χ1n) is 10.3.